The van der Waals surface area contributed by atoms with Gasteiger partial charge in [0.25, 0.3) is 0 Å². The van der Waals surface area contributed by atoms with Crippen LogP contribution in [-0.4, -0.2) is 18.2 Å². The summed E-state index contributed by atoms with van der Waals surface area (Å²) in [6, 6.07) is 8.29. The van der Waals surface area contributed by atoms with E-state index >= 15 is 0 Å². The summed E-state index contributed by atoms with van der Waals surface area (Å²) in [5.74, 6) is 1.63. The highest BCUT2D eigenvalue weighted by Crippen LogP contribution is 2.31. The molecule has 19 heavy (non-hydrogen) atoms. The van der Waals surface area contributed by atoms with Crippen molar-refractivity contribution in [3.05, 3.63) is 29.8 Å². The van der Waals surface area contributed by atoms with E-state index in [9.17, 15) is 5.11 Å². The number of benzene rings is 1. The summed E-state index contributed by atoms with van der Waals surface area (Å²) >= 11 is 0. The topological polar surface area (TPSA) is 23.5 Å². The second-order valence-corrected chi connectivity index (χ2v) is 6.16. The van der Waals surface area contributed by atoms with Gasteiger partial charge >= 0.3 is 0 Å². The normalized spacial score (nSPS) is 22.4. The van der Waals surface area contributed by atoms with E-state index in [1.807, 2.05) is 19.1 Å². The van der Waals surface area contributed by atoms with Gasteiger partial charge in [0, 0.05) is 24.3 Å². The Labute approximate surface area is 117 Å². The van der Waals surface area contributed by atoms with Gasteiger partial charge in [0.15, 0.2) is 0 Å². The lowest BCUT2D eigenvalue weighted by Gasteiger charge is -2.27. The van der Waals surface area contributed by atoms with E-state index in [0.29, 0.717) is 0 Å². The molecule has 2 rings (SSSR count). The van der Waals surface area contributed by atoms with Gasteiger partial charge in [-0.3, -0.25) is 0 Å². The fourth-order valence-corrected chi connectivity index (χ4v) is 3.16. The minimum Gasteiger partial charge on any atom is -0.389 e. The predicted octanol–water partition coefficient (Wildman–Crippen LogP) is 4.00. The molecule has 0 radical (unpaired) electrons. The fourth-order valence-electron chi connectivity index (χ4n) is 3.16. The zero-order chi connectivity index (χ0) is 13.8. The molecule has 1 unspecified atom stereocenters. The van der Waals surface area contributed by atoms with E-state index in [2.05, 4.69) is 30.9 Å². The number of nitrogens with zero attached hydrogens (tertiary/aromatic N) is 1. The van der Waals surface area contributed by atoms with Crippen LogP contribution in [0, 0.1) is 11.8 Å². The molecule has 0 aliphatic carbocycles. The van der Waals surface area contributed by atoms with Gasteiger partial charge in [-0.25, -0.2) is 0 Å². The van der Waals surface area contributed by atoms with E-state index in [1.54, 1.807) is 0 Å². The van der Waals surface area contributed by atoms with Gasteiger partial charge in [-0.2, -0.15) is 0 Å². The van der Waals surface area contributed by atoms with Gasteiger partial charge in [-0.15, -0.1) is 0 Å². The summed E-state index contributed by atoms with van der Waals surface area (Å²) in [6.45, 7) is 8.77. The molecule has 2 atom stereocenters. The maximum atomic E-state index is 9.92. The van der Waals surface area contributed by atoms with Crippen LogP contribution in [-0.2, 0) is 0 Å². The lowest BCUT2D eigenvalue weighted by Crippen LogP contribution is -2.26. The molecule has 0 bridgehead atoms. The Balaban J connectivity index is 2.14. The van der Waals surface area contributed by atoms with Crippen LogP contribution in [0.5, 0.6) is 0 Å². The third kappa shape index (κ3) is 3.50. The molecule has 1 aromatic carbocycles. The number of aliphatic hydroxyl groups excluding tert-OH is 1. The van der Waals surface area contributed by atoms with E-state index in [0.717, 1.165) is 30.5 Å². The molecule has 106 valence electrons. The highest BCUT2D eigenvalue weighted by Gasteiger charge is 2.21. The molecule has 2 heteroatoms. The monoisotopic (exact) mass is 261 g/mol. The Morgan fingerprint density at radius 3 is 2.53 bits per heavy atom. The van der Waals surface area contributed by atoms with Crippen LogP contribution in [0.15, 0.2) is 24.3 Å². The highest BCUT2D eigenvalue weighted by molar-refractivity contribution is 5.54. The number of hydrogen-bond acceptors (Lipinski definition) is 2. The van der Waals surface area contributed by atoms with Crippen molar-refractivity contribution in [1.82, 2.24) is 0 Å². The largest absolute Gasteiger partial charge is 0.389 e. The number of aliphatic hydroxyl groups is 1. The van der Waals surface area contributed by atoms with Crippen LogP contribution in [0.3, 0.4) is 0 Å². The first-order valence-corrected chi connectivity index (χ1v) is 7.61. The summed E-state index contributed by atoms with van der Waals surface area (Å²) in [6.07, 6.45) is 3.48. The molecule has 1 heterocycles. The summed E-state index contributed by atoms with van der Waals surface area (Å²) in [7, 11) is 0. The van der Waals surface area contributed by atoms with Gasteiger partial charge in [0.1, 0.15) is 0 Å². The van der Waals surface area contributed by atoms with Crippen LogP contribution in [0.4, 0.5) is 5.69 Å². The second kappa shape index (κ2) is 6.42. The van der Waals surface area contributed by atoms with Gasteiger partial charge in [-0.05, 0) is 44.1 Å². The minimum absolute atomic E-state index is 0.389. The Hall–Kier alpha value is -1.02. The van der Waals surface area contributed by atoms with Crippen LogP contribution in [0.25, 0.3) is 0 Å². The maximum Gasteiger partial charge on any atom is 0.0781 e. The Bertz CT molecular complexity index is 400. The molecule has 1 aromatic rings. The summed E-state index contributed by atoms with van der Waals surface area (Å²) in [5.41, 5.74) is 2.28. The molecule has 2 nitrogen and oxygen atoms in total. The van der Waals surface area contributed by atoms with E-state index in [4.69, 9.17) is 0 Å². The molecule has 1 aliphatic rings. The molecular formula is C17H27NO. The Kier molecular flexibility index (Phi) is 4.87. The van der Waals surface area contributed by atoms with E-state index in [-0.39, 0.29) is 6.10 Å². The first kappa shape index (κ1) is 14.4. The fraction of sp³-hybridized carbons (Fsp3) is 0.647. The summed E-state index contributed by atoms with van der Waals surface area (Å²) < 4.78 is 0. The van der Waals surface area contributed by atoms with Crippen molar-refractivity contribution in [3.63, 3.8) is 0 Å². The van der Waals surface area contributed by atoms with Gasteiger partial charge in [0.2, 0.25) is 0 Å². The number of rotatable bonds is 3. The molecular weight excluding hydrogens is 234 g/mol. The molecule has 0 amide bonds. The Morgan fingerprint density at radius 2 is 1.84 bits per heavy atom. The lowest BCUT2D eigenvalue weighted by atomic mass is 9.89. The van der Waals surface area contributed by atoms with Gasteiger partial charge in [0.05, 0.1) is 6.10 Å². The molecule has 0 spiro atoms. The summed E-state index contributed by atoms with van der Waals surface area (Å²) in [4.78, 5) is 2.46. The van der Waals surface area contributed by atoms with Crippen molar-refractivity contribution >= 4 is 5.69 Å². The minimum atomic E-state index is -0.389. The lowest BCUT2D eigenvalue weighted by molar-refractivity contribution is 0.199. The molecule has 1 saturated heterocycles. The number of anilines is 1. The summed E-state index contributed by atoms with van der Waals surface area (Å²) in [5, 5.41) is 9.92. The second-order valence-electron chi connectivity index (χ2n) is 6.16. The first-order chi connectivity index (χ1) is 9.09. The quantitative estimate of drug-likeness (QED) is 0.889. The zero-order valence-electron chi connectivity index (χ0n) is 12.5. The van der Waals surface area contributed by atoms with Gasteiger partial charge in [-0.1, -0.05) is 32.0 Å². The van der Waals surface area contributed by atoms with Crippen molar-refractivity contribution in [1.29, 1.82) is 0 Å². The number of para-hydroxylation sites is 1. The molecule has 1 N–H and O–H groups in total. The average molecular weight is 261 g/mol. The molecule has 0 saturated carbocycles. The SMILES string of the molecule is CC(C)C1CCCN(c2ccccc2[C@H](C)O)CC1. The van der Waals surface area contributed by atoms with Crippen molar-refractivity contribution in [2.75, 3.05) is 18.0 Å². The van der Waals surface area contributed by atoms with Crippen molar-refractivity contribution in [3.8, 4) is 0 Å². The van der Waals surface area contributed by atoms with Crippen LogP contribution in [0.2, 0.25) is 0 Å². The third-order valence-electron chi connectivity index (χ3n) is 4.44. The predicted molar refractivity (Wildman–Crippen MR) is 81.5 cm³/mol. The van der Waals surface area contributed by atoms with Crippen LogP contribution >= 0.6 is 0 Å². The Morgan fingerprint density at radius 1 is 1.11 bits per heavy atom. The van der Waals surface area contributed by atoms with E-state index < -0.39 is 0 Å². The average Bonchev–Trinajstić information content (AvgIpc) is 2.64. The van der Waals surface area contributed by atoms with Crippen molar-refractivity contribution in [2.24, 2.45) is 11.8 Å². The molecule has 1 fully saturated rings. The van der Waals surface area contributed by atoms with Crippen molar-refractivity contribution in [2.45, 2.75) is 46.1 Å². The van der Waals surface area contributed by atoms with Crippen LogP contribution in [0.1, 0.15) is 51.7 Å². The first-order valence-electron chi connectivity index (χ1n) is 7.61. The highest BCUT2D eigenvalue weighted by atomic mass is 16.3. The maximum absolute atomic E-state index is 9.92. The zero-order valence-corrected chi connectivity index (χ0v) is 12.5. The molecule has 1 aliphatic heterocycles. The van der Waals surface area contributed by atoms with Crippen LogP contribution < -0.4 is 4.90 Å². The van der Waals surface area contributed by atoms with Crippen molar-refractivity contribution < 1.29 is 5.11 Å². The number of hydrogen-bond donors (Lipinski definition) is 1. The third-order valence-corrected chi connectivity index (χ3v) is 4.44. The van der Waals surface area contributed by atoms with Gasteiger partial charge < -0.3 is 10.0 Å². The smallest absolute Gasteiger partial charge is 0.0781 e. The molecule has 0 aromatic heterocycles. The standard InChI is InChI=1S/C17H27NO/c1-13(2)15-7-6-11-18(12-10-15)17-9-5-4-8-16(17)14(3)19/h4-5,8-9,13-15,19H,6-7,10-12H2,1-3H3/t14-,15?/m0/s1. The van der Waals surface area contributed by atoms with E-state index in [1.165, 1.54) is 24.9 Å².